The number of hydrogen-bond acceptors (Lipinski definition) is 3. The third-order valence-electron chi connectivity index (χ3n) is 1.21. The summed E-state index contributed by atoms with van der Waals surface area (Å²) < 4.78 is 24.8. The molecule has 1 rings (SSSR count). The number of alkyl halides is 1. The quantitative estimate of drug-likeness (QED) is 0.870. The van der Waals surface area contributed by atoms with Gasteiger partial charge in [-0.1, -0.05) is 11.6 Å². The lowest BCUT2D eigenvalue weighted by Gasteiger charge is -2.04. The van der Waals surface area contributed by atoms with E-state index < -0.39 is 15.2 Å². The molecule has 0 radical (unpaired) electrons. The molecule has 0 aromatic carbocycles. The lowest BCUT2D eigenvalue weighted by atomic mass is 10.5. The number of halogens is 3. The number of nitrogens with one attached hydrogen (secondary N) is 1. The molecule has 0 aliphatic heterocycles. The largest absolute Gasteiger partial charge is 0.266 e. The van der Waals surface area contributed by atoms with Crippen LogP contribution in [0, 0.1) is 0 Å². The molecule has 0 bridgehead atoms. The molecule has 0 aliphatic carbocycles. The van der Waals surface area contributed by atoms with E-state index in [4.69, 9.17) is 23.2 Å². The van der Waals surface area contributed by atoms with E-state index in [2.05, 4.69) is 25.6 Å². The number of hydrogen-bond donors (Lipinski definition) is 1. The summed E-state index contributed by atoms with van der Waals surface area (Å²) in [5, 5.41) is -0.158. The maximum atomic E-state index is 11.0. The topological polar surface area (TPSA) is 59.1 Å². The lowest BCUT2D eigenvalue weighted by Crippen LogP contribution is -2.14. The minimum absolute atomic E-state index is 0.138. The van der Waals surface area contributed by atoms with E-state index in [1.807, 2.05) is 0 Å². The Morgan fingerprint density at radius 1 is 1.57 bits per heavy atom. The van der Waals surface area contributed by atoms with Gasteiger partial charge in [-0.2, -0.15) is 0 Å². The molecule has 8 heteroatoms. The van der Waals surface area contributed by atoms with Crippen LogP contribution in [0.1, 0.15) is 0 Å². The molecule has 1 N–H and O–H groups in total. The number of rotatable bonds is 3. The fourth-order valence-electron chi connectivity index (χ4n) is 0.657. The average Bonchev–Trinajstić information content (AvgIpc) is 2.11. The normalized spacial score (nSPS) is 11.4. The highest BCUT2D eigenvalue weighted by molar-refractivity contribution is 9.10. The molecule has 0 spiro atoms. The van der Waals surface area contributed by atoms with Gasteiger partial charge in [0.05, 0.1) is 9.50 Å². The van der Waals surface area contributed by atoms with Crippen molar-refractivity contribution in [1.29, 1.82) is 0 Å². The highest BCUT2D eigenvalue weighted by atomic mass is 79.9. The minimum atomic E-state index is -3.52. The van der Waals surface area contributed by atoms with Crippen LogP contribution in [0.4, 0.5) is 5.82 Å². The van der Waals surface area contributed by atoms with E-state index in [-0.39, 0.29) is 5.82 Å². The molecule has 1 aromatic rings. The Bertz CT molecular complexity index is 437. The van der Waals surface area contributed by atoms with Crippen molar-refractivity contribution in [1.82, 2.24) is 4.98 Å². The van der Waals surface area contributed by atoms with Crippen LogP contribution in [0.2, 0.25) is 5.02 Å². The molecule has 1 heterocycles. The van der Waals surface area contributed by atoms with Crippen LogP contribution in [-0.2, 0) is 10.0 Å². The van der Waals surface area contributed by atoms with Crippen LogP contribution in [0.3, 0.4) is 0 Å². The first-order valence-electron chi connectivity index (χ1n) is 3.32. The van der Waals surface area contributed by atoms with E-state index in [1.54, 1.807) is 0 Å². The highest BCUT2D eigenvalue weighted by Gasteiger charge is 2.09. The summed E-state index contributed by atoms with van der Waals surface area (Å²) >= 11 is 14.1. The second kappa shape index (κ2) is 4.65. The third kappa shape index (κ3) is 3.27. The minimum Gasteiger partial charge on any atom is -0.266 e. The molecule has 0 aliphatic rings. The van der Waals surface area contributed by atoms with E-state index in [9.17, 15) is 8.42 Å². The highest BCUT2D eigenvalue weighted by Crippen LogP contribution is 2.23. The lowest BCUT2D eigenvalue weighted by molar-refractivity contribution is 0.605. The Labute approximate surface area is 99.8 Å². The Hall–Kier alpha value is -0.0400. The van der Waals surface area contributed by atoms with Crippen LogP contribution in [0.25, 0.3) is 0 Å². The number of pyridine rings is 1. The molecule has 0 fully saturated rings. The van der Waals surface area contributed by atoms with Crippen molar-refractivity contribution in [3.05, 3.63) is 21.8 Å². The molecule has 0 saturated carbocycles. The smallest absolute Gasteiger partial charge is 0.247 e. The maximum Gasteiger partial charge on any atom is 0.247 e. The molecule has 0 saturated heterocycles. The summed E-state index contributed by atoms with van der Waals surface area (Å²) in [5.74, 6) is 0.138. The number of sulfonamides is 1. The van der Waals surface area contributed by atoms with Crippen LogP contribution in [-0.4, -0.2) is 18.6 Å². The van der Waals surface area contributed by atoms with Gasteiger partial charge in [0.25, 0.3) is 0 Å². The summed E-state index contributed by atoms with van der Waals surface area (Å²) in [4.78, 5) is 3.79. The Morgan fingerprint density at radius 3 is 2.71 bits per heavy atom. The fraction of sp³-hybridized carbons (Fsp3) is 0.167. The van der Waals surface area contributed by atoms with E-state index in [1.165, 1.54) is 12.3 Å². The fourth-order valence-corrected chi connectivity index (χ4v) is 1.67. The van der Waals surface area contributed by atoms with Gasteiger partial charge in [0, 0.05) is 12.3 Å². The summed E-state index contributed by atoms with van der Waals surface area (Å²) in [6, 6.07) is 1.38. The van der Waals surface area contributed by atoms with E-state index in [0.717, 1.165) is 0 Å². The summed E-state index contributed by atoms with van der Waals surface area (Å²) in [5.41, 5.74) is 0. The molecular formula is C6H5BrCl2N2O2S. The van der Waals surface area contributed by atoms with Crippen molar-refractivity contribution >= 4 is 55.0 Å². The first-order valence-corrected chi connectivity index (χ1v) is 6.68. The zero-order valence-corrected chi connectivity index (χ0v) is 10.6. The molecule has 14 heavy (non-hydrogen) atoms. The average molecular weight is 320 g/mol. The van der Waals surface area contributed by atoms with E-state index in [0.29, 0.717) is 9.50 Å². The Balaban J connectivity index is 2.94. The van der Waals surface area contributed by atoms with Crippen molar-refractivity contribution in [2.24, 2.45) is 0 Å². The molecular weight excluding hydrogens is 315 g/mol. The monoisotopic (exact) mass is 318 g/mol. The molecule has 0 atom stereocenters. The van der Waals surface area contributed by atoms with Crippen LogP contribution >= 0.6 is 39.1 Å². The van der Waals surface area contributed by atoms with Gasteiger partial charge in [-0.3, -0.25) is 4.72 Å². The van der Waals surface area contributed by atoms with Gasteiger partial charge in [0.1, 0.15) is 11.0 Å². The van der Waals surface area contributed by atoms with Gasteiger partial charge in [-0.05, 0) is 15.9 Å². The second-order valence-corrected chi connectivity index (χ2v) is 5.88. The van der Waals surface area contributed by atoms with Gasteiger partial charge in [0.15, 0.2) is 0 Å². The van der Waals surface area contributed by atoms with Crippen molar-refractivity contribution in [3.63, 3.8) is 0 Å². The zero-order chi connectivity index (χ0) is 10.8. The van der Waals surface area contributed by atoms with Gasteiger partial charge in [-0.15, -0.1) is 11.6 Å². The van der Waals surface area contributed by atoms with E-state index >= 15 is 0 Å². The van der Waals surface area contributed by atoms with Gasteiger partial charge in [0.2, 0.25) is 10.0 Å². The van der Waals surface area contributed by atoms with Crippen LogP contribution in [0.15, 0.2) is 16.7 Å². The summed E-state index contributed by atoms with van der Waals surface area (Å²) in [6.07, 6.45) is 1.40. The first-order chi connectivity index (χ1) is 6.44. The molecule has 0 unspecified atom stereocenters. The van der Waals surface area contributed by atoms with Crippen LogP contribution < -0.4 is 4.72 Å². The summed E-state index contributed by atoms with van der Waals surface area (Å²) in [7, 11) is -3.52. The van der Waals surface area contributed by atoms with Crippen molar-refractivity contribution in [2.75, 3.05) is 9.93 Å². The first kappa shape index (κ1) is 12.0. The standard InChI is InChI=1S/C6H5BrCl2N2O2S/c7-4-2-10-6(1-5(4)9)11-14(12,13)3-8/h1-2H,3H2,(H,10,11). The van der Waals surface area contributed by atoms with Gasteiger partial charge < -0.3 is 0 Å². The number of aromatic nitrogens is 1. The van der Waals surface area contributed by atoms with Crippen molar-refractivity contribution in [2.45, 2.75) is 0 Å². The van der Waals surface area contributed by atoms with Crippen LogP contribution in [0.5, 0.6) is 0 Å². The molecule has 4 nitrogen and oxygen atoms in total. The predicted octanol–water partition coefficient (Wildman–Crippen LogP) is 2.44. The third-order valence-corrected chi connectivity index (χ3v) is 4.05. The zero-order valence-electron chi connectivity index (χ0n) is 6.67. The summed E-state index contributed by atoms with van der Waals surface area (Å²) in [6.45, 7) is 0. The Kier molecular flexibility index (Phi) is 4.00. The molecule has 78 valence electrons. The van der Waals surface area contributed by atoms with Gasteiger partial charge in [-0.25, -0.2) is 13.4 Å². The molecule has 0 amide bonds. The predicted molar refractivity (Wildman–Crippen MR) is 60.2 cm³/mol. The van der Waals surface area contributed by atoms with Gasteiger partial charge >= 0.3 is 0 Å². The Morgan fingerprint density at radius 2 is 2.21 bits per heavy atom. The van der Waals surface area contributed by atoms with Crippen molar-refractivity contribution < 1.29 is 8.42 Å². The maximum absolute atomic E-state index is 11.0. The molecule has 1 aromatic heterocycles. The number of nitrogens with zero attached hydrogens (tertiary/aromatic N) is 1. The number of anilines is 1. The SMILES string of the molecule is O=S(=O)(CCl)Nc1cc(Cl)c(Br)cn1. The second-order valence-electron chi connectivity index (χ2n) is 2.31. The van der Waals surface area contributed by atoms with Crippen molar-refractivity contribution in [3.8, 4) is 0 Å².